The van der Waals surface area contributed by atoms with Crippen molar-refractivity contribution in [2.24, 2.45) is 17.8 Å². The highest BCUT2D eigenvalue weighted by Gasteiger charge is 2.51. The number of anilines is 1. The predicted octanol–water partition coefficient (Wildman–Crippen LogP) is 7.67. The van der Waals surface area contributed by atoms with E-state index in [0.29, 0.717) is 11.1 Å². The number of hydrogen-bond acceptors (Lipinski definition) is 2. The summed E-state index contributed by atoms with van der Waals surface area (Å²) in [5, 5.41) is 12.6. The number of nitriles is 1. The highest BCUT2D eigenvalue weighted by Crippen LogP contribution is 2.60. The molecule has 0 saturated heterocycles. The molecule has 0 aliphatic heterocycles. The van der Waals surface area contributed by atoms with Crippen LogP contribution in [-0.2, 0) is 16.6 Å². The Hall–Kier alpha value is -3.58. The van der Waals surface area contributed by atoms with Crippen molar-refractivity contribution in [3.63, 3.8) is 0 Å². The van der Waals surface area contributed by atoms with Crippen LogP contribution in [-0.4, -0.2) is 10.5 Å². The largest absolute Gasteiger partial charge is 0.321 e. The summed E-state index contributed by atoms with van der Waals surface area (Å²) in [4.78, 5) is 12.9. The van der Waals surface area contributed by atoms with Crippen LogP contribution < -0.4 is 5.32 Å². The maximum atomic E-state index is 12.9. The first-order valence-corrected chi connectivity index (χ1v) is 14.2. The van der Waals surface area contributed by atoms with Crippen LogP contribution in [0.25, 0.3) is 11.8 Å². The Bertz CT molecular complexity index is 1400. The van der Waals surface area contributed by atoms with Crippen LogP contribution in [0.3, 0.4) is 0 Å². The summed E-state index contributed by atoms with van der Waals surface area (Å²) < 4.78 is 2.23. The van der Waals surface area contributed by atoms with E-state index in [-0.39, 0.29) is 11.5 Å². The molecule has 3 aromatic rings. The van der Waals surface area contributed by atoms with Gasteiger partial charge >= 0.3 is 0 Å². The minimum absolute atomic E-state index is 0.0991. The first kappa shape index (κ1) is 24.7. The molecule has 1 N–H and O–H groups in total. The van der Waals surface area contributed by atoms with Crippen LogP contribution >= 0.6 is 0 Å². The Morgan fingerprint density at radius 3 is 2.16 bits per heavy atom. The topological polar surface area (TPSA) is 57.8 Å². The fraction of sp³-hybridized carbons (Fsp3) is 0.412. The van der Waals surface area contributed by atoms with E-state index in [2.05, 4.69) is 67.1 Å². The van der Waals surface area contributed by atoms with Crippen LogP contribution in [0.2, 0.25) is 0 Å². The molecule has 38 heavy (non-hydrogen) atoms. The van der Waals surface area contributed by atoms with Gasteiger partial charge in [0.25, 0.3) is 5.91 Å². The molecule has 2 aromatic carbocycles. The average molecular weight is 504 g/mol. The van der Waals surface area contributed by atoms with Gasteiger partial charge in [-0.2, -0.15) is 5.26 Å². The van der Waals surface area contributed by atoms with Gasteiger partial charge < -0.3 is 9.88 Å². The number of benzene rings is 2. The molecule has 4 nitrogen and oxygen atoms in total. The van der Waals surface area contributed by atoms with Crippen molar-refractivity contribution in [3.8, 4) is 11.8 Å². The van der Waals surface area contributed by atoms with E-state index in [1.807, 2.05) is 24.3 Å². The monoisotopic (exact) mass is 503 g/mol. The second kappa shape index (κ2) is 9.62. The number of rotatable bonds is 6. The van der Waals surface area contributed by atoms with Gasteiger partial charge in [-0.3, -0.25) is 4.79 Å². The SMILES string of the molecule is CCc1ccc(NC(=O)/C(C#N)=C\c2cc(C)n(-c3ccc(C45CC6CC(CC(C6)C4)C5)cc3)c2C)cc1. The first-order valence-electron chi connectivity index (χ1n) is 14.2. The number of aromatic nitrogens is 1. The zero-order valence-electron chi connectivity index (χ0n) is 22.8. The van der Waals surface area contributed by atoms with Crippen molar-refractivity contribution in [1.29, 1.82) is 5.26 Å². The van der Waals surface area contributed by atoms with E-state index in [1.165, 1.54) is 49.7 Å². The fourth-order valence-electron chi connectivity index (χ4n) is 8.09. The van der Waals surface area contributed by atoms with Crippen LogP contribution in [0.1, 0.15) is 73.5 Å². The molecule has 7 rings (SSSR count). The van der Waals surface area contributed by atoms with E-state index < -0.39 is 0 Å². The molecule has 1 amide bonds. The van der Waals surface area contributed by atoms with Gasteiger partial charge in [-0.05, 0) is 135 Å². The summed E-state index contributed by atoms with van der Waals surface area (Å²) in [5.74, 6) is 2.42. The van der Waals surface area contributed by atoms with E-state index in [4.69, 9.17) is 0 Å². The Balaban J connectivity index is 1.23. The Kier molecular flexibility index (Phi) is 6.26. The molecule has 0 radical (unpaired) electrons. The molecule has 0 spiro atoms. The molecule has 0 atom stereocenters. The average Bonchev–Trinajstić information content (AvgIpc) is 3.19. The summed E-state index contributed by atoms with van der Waals surface area (Å²) in [5.41, 5.74) is 8.05. The fourth-order valence-corrected chi connectivity index (χ4v) is 8.09. The molecule has 4 bridgehead atoms. The highest BCUT2D eigenvalue weighted by molar-refractivity contribution is 6.09. The lowest BCUT2D eigenvalue weighted by molar-refractivity contribution is -0.112. The molecule has 4 fully saturated rings. The number of nitrogens with one attached hydrogen (secondary N) is 1. The zero-order chi connectivity index (χ0) is 26.4. The second-order valence-electron chi connectivity index (χ2n) is 12.1. The Morgan fingerprint density at radius 2 is 1.61 bits per heavy atom. The second-order valence-corrected chi connectivity index (χ2v) is 12.1. The number of amides is 1. The minimum atomic E-state index is -0.388. The van der Waals surface area contributed by atoms with Crippen LogP contribution in [0.4, 0.5) is 5.69 Å². The van der Waals surface area contributed by atoms with Crippen molar-refractivity contribution in [2.45, 2.75) is 71.1 Å². The van der Waals surface area contributed by atoms with Gasteiger partial charge in [-0.25, -0.2) is 0 Å². The molecule has 1 heterocycles. The van der Waals surface area contributed by atoms with Crippen molar-refractivity contribution in [1.82, 2.24) is 4.57 Å². The number of carbonyl (C=O) groups excluding carboxylic acids is 1. The maximum absolute atomic E-state index is 12.9. The molecule has 4 heteroatoms. The first-order chi connectivity index (χ1) is 18.4. The maximum Gasteiger partial charge on any atom is 0.266 e. The normalized spacial score (nSPS) is 25.8. The smallest absolute Gasteiger partial charge is 0.266 e. The highest BCUT2D eigenvalue weighted by atomic mass is 16.1. The van der Waals surface area contributed by atoms with Crippen LogP contribution in [0, 0.1) is 42.9 Å². The number of nitrogens with zero attached hydrogens (tertiary/aromatic N) is 2. The summed E-state index contributed by atoms with van der Waals surface area (Å²) >= 11 is 0. The lowest BCUT2D eigenvalue weighted by atomic mass is 9.48. The summed E-state index contributed by atoms with van der Waals surface area (Å²) in [6.45, 7) is 6.24. The molecule has 4 aliphatic carbocycles. The summed E-state index contributed by atoms with van der Waals surface area (Å²) in [6, 6.07) is 21.2. The molecular weight excluding hydrogens is 466 g/mol. The number of aryl methyl sites for hydroxylation is 2. The van der Waals surface area contributed by atoms with E-state index in [0.717, 1.165) is 46.8 Å². The third-order valence-corrected chi connectivity index (χ3v) is 9.53. The third kappa shape index (κ3) is 4.39. The lowest BCUT2D eigenvalue weighted by Crippen LogP contribution is -2.48. The van der Waals surface area contributed by atoms with E-state index >= 15 is 0 Å². The van der Waals surface area contributed by atoms with Gasteiger partial charge in [-0.15, -0.1) is 0 Å². The van der Waals surface area contributed by atoms with Crippen molar-refractivity contribution >= 4 is 17.7 Å². The van der Waals surface area contributed by atoms with E-state index in [9.17, 15) is 10.1 Å². The summed E-state index contributed by atoms with van der Waals surface area (Å²) in [6.07, 6.45) is 11.1. The zero-order valence-corrected chi connectivity index (χ0v) is 22.8. The molecule has 4 saturated carbocycles. The third-order valence-electron chi connectivity index (χ3n) is 9.53. The van der Waals surface area contributed by atoms with Gasteiger partial charge in [0, 0.05) is 22.8 Å². The van der Waals surface area contributed by atoms with Gasteiger partial charge in [0.15, 0.2) is 0 Å². The van der Waals surface area contributed by atoms with Gasteiger partial charge in [0.1, 0.15) is 11.6 Å². The molecule has 4 aliphatic rings. The Labute approximate surface area is 226 Å². The minimum Gasteiger partial charge on any atom is -0.321 e. The van der Waals surface area contributed by atoms with Gasteiger partial charge in [-0.1, -0.05) is 31.2 Å². The quantitative estimate of drug-likeness (QED) is 0.277. The van der Waals surface area contributed by atoms with Gasteiger partial charge in [0.05, 0.1) is 0 Å². The van der Waals surface area contributed by atoms with Crippen molar-refractivity contribution in [3.05, 3.63) is 88.2 Å². The van der Waals surface area contributed by atoms with Crippen molar-refractivity contribution in [2.75, 3.05) is 5.32 Å². The van der Waals surface area contributed by atoms with Crippen LogP contribution in [0.5, 0.6) is 0 Å². The lowest BCUT2D eigenvalue weighted by Gasteiger charge is -2.57. The molecule has 0 unspecified atom stereocenters. The Morgan fingerprint density at radius 1 is 1.00 bits per heavy atom. The van der Waals surface area contributed by atoms with Gasteiger partial charge in [0.2, 0.25) is 0 Å². The van der Waals surface area contributed by atoms with Crippen molar-refractivity contribution < 1.29 is 4.79 Å². The number of hydrogen-bond donors (Lipinski definition) is 1. The van der Waals surface area contributed by atoms with Crippen LogP contribution in [0.15, 0.2) is 60.2 Å². The summed E-state index contributed by atoms with van der Waals surface area (Å²) in [7, 11) is 0. The standard InChI is InChI=1S/C34H37N3O/c1-4-24-5-9-31(10-6-24)36-33(38)29(21-35)17-28-13-22(2)37(23(28)3)32-11-7-30(8-12-32)34-18-25-14-26(19-34)16-27(15-25)20-34/h5-13,17,25-27H,4,14-16,18-20H2,1-3H3,(H,36,38)/b29-17-. The predicted molar refractivity (Wildman–Crippen MR) is 153 cm³/mol. The van der Waals surface area contributed by atoms with E-state index in [1.54, 1.807) is 6.08 Å². The molecular formula is C34H37N3O. The number of carbonyl (C=O) groups is 1. The molecule has 1 aromatic heterocycles. The molecule has 194 valence electrons.